The molecule has 82 valence electrons. The number of hydrogen-bond donors (Lipinski definition) is 1. The fourth-order valence-electron chi connectivity index (χ4n) is 1.88. The molecular formula is C14H16N2. The molecule has 1 aromatic heterocycles. The number of nitrogens with two attached hydrogens (primary N) is 1. The van der Waals surface area contributed by atoms with Crippen molar-refractivity contribution >= 4 is 0 Å². The van der Waals surface area contributed by atoms with E-state index in [4.69, 9.17) is 5.73 Å². The van der Waals surface area contributed by atoms with E-state index >= 15 is 0 Å². The number of pyridine rings is 1. The first-order valence-electron chi connectivity index (χ1n) is 5.47. The van der Waals surface area contributed by atoms with Crippen LogP contribution in [0.25, 0.3) is 0 Å². The Labute approximate surface area is 96.1 Å². The molecule has 0 aliphatic heterocycles. The van der Waals surface area contributed by atoms with Crippen molar-refractivity contribution < 1.29 is 0 Å². The molecule has 0 saturated carbocycles. The van der Waals surface area contributed by atoms with Crippen LogP contribution in [0.3, 0.4) is 0 Å². The van der Waals surface area contributed by atoms with Crippen LogP contribution in [0.1, 0.15) is 22.7 Å². The molecule has 0 fully saturated rings. The molecule has 0 spiro atoms. The van der Waals surface area contributed by atoms with Gasteiger partial charge in [-0.1, -0.05) is 30.3 Å². The van der Waals surface area contributed by atoms with Crippen LogP contribution in [0.2, 0.25) is 0 Å². The minimum absolute atomic E-state index is 0.0467. The van der Waals surface area contributed by atoms with Gasteiger partial charge >= 0.3 is 0 Å². The summed E-state index contributed by atoms with van der Waals surface area (Å²) in [6.07, 6.45) is 4.53. The number of aryl methyl sites for hydroxylation is 1. The summed E-state index contributed by atoms with van der Waals surface area (Å²) in [6, 6.07) is 12.4. The second kappa shape index (κ2) is 4.90. The average Bonchev–Trinajstić information content (AvgIpc) is 2.31. The van der Waals surface area contributed by atoms with Crippen molar-refractivity contribution in [3.05, 3.63) is 65.5 Å². The summed E-state index contributed by atoms with van der Waals surface area (Å²) in [5.74, 6) is 0. The van der Waals surface area contributed by atoms with Gasteiger partial charge in [0.25, 0.3) is 0 Å². The summed E-state index contributed by atoms with van der Waals surface area (Å²) in [6.45, 7) is 2.05. The molecule has 16 heavy (non-hydrogen) atoms. The van der Waals surface area contributed by atoms with Gasteiger partial charge in [-0.3, -0.25) is 4.98 Å². The molecule has 1 atom stereocenters. The van der Waals surface area contributed by atoms with Gasteiger partial charge in [0.05, 0.1) is 0 Å². The molecule has 0 aliphatic carbocycles. The van der Waals surface area contributed by atoms with Gasteiger partial charge in [0.15, 0.2) is 0 Å². The first-order valence-corrected chi connectivity index (χ1v) is 5.47. The van der Waals surface area contributed by atoms with Crippen molar-refractivity contribution in [1.29, 1.82) is 0 Å². The van der Waals surface area contributed by atoms with Gasteiger partial charge in [0.1, 0.15) is 0 Å². The van der Waals surface area contributed by atoms with Gasteiger partial charge in [0, 0.05) is 18.4 Å². The minimum atomic E-state index is 0.0467. The third kappa shape index (κ3) is 2.47. The van der Waals surface area contributed by atoms with E-state index < -0.39 is 0 Å². The van der Waals surface area contributed by atoms with Crippen LogP contribution in [0.4, 0.5) is 0 Å². The molecule has 2 heteroatoms. The first-order chi connectivity index (χ1) is 7.77. The zero-order valence-corrected chi connectivity index (χ0v) is 9.43. The van der Waals surface area contributed by atoms with Crippen LogP contribution in [0.15, 0.2) is 48.8 Å². The minimum Gasteiger partial charge on any atom is -0.324 e. The highest BCUT2D eigenvalue weighted by molar-refractivity contribution is 5.27. The van der Waals surface area contributed by atoms with Crippen LogP contribution >= 0.6 is 0 Å². The molecule has 0 radical (unpaired) electrons. The Morgan fingerprint density at radius 1 is 1.19 bits per heavy atom. The summed E-state index contributed by atoms with van der Waals surface area (Å²) in [7, 11) is 0. The van der Waals surface area contributed by atoms with Gasteiger partial charge in [-0.05, 0) is 36.1 Å². The summed E-state index contributed by atoms with van der Waals surface area (Å²) in [4.78, 5) is 4.08. The van der Waals surface area contributed by atoms with Crippen LogP contribution in [0.5, 0.6) is 0 Å². The lowest BCUT2D eigenvalue weighted by Crippen LogP contribution is -2.14. The predicted octanol–water partition coefficient (Wildman–Crippen LogP) is 2.63. The molecule has 0 amide bonds. The Hall–Kier alpha value is -1.67. The van der Waals surface area contributed by atoms with E-state index in [0.29, 0.717) is 0 Å². The Morgan fingerprint density at radius 3 is 2.62 bits per heavy atom. The van der Waals surface area contributed by atoms with Gasteiger partial charge in [0.2, 0.25) is 0 Å². The molecule has 1 unspecified atom stereocenters. The Balaban J connectivity index is 2.15. The number of nitrogens with zero attached hydrogens (tertiary/aromatic N) is 1. The molecule has 0 aliphatic rings. The van der Waals surface area contributed by atoms with E-state index in [1.807, 2.05) is 37.4 Å². The standard InChI is InChI=1S/C14H16N2/c1-11-10-16-8-7-13(11)14(15)9-12-5-3-2-4-6-12/h2-8,10,14H,9,15H2,1H3. The Kier molecular flexibility index (Phi) is 3.32. The van der Waals surface area contributed by atoms with E-state index in [9.17, 15) is 0 Å². The van der Waals surface area contributed by atoms with Crippen LogP contribution in [-0.4, -0.2) is 4.98 Å². The molecule has 0 saturated heterocycles. The van der Waals surface area contributed by atoms with Crippen molar-refractivity contribution in [3.8, 4) is 0 Å². The highest BCUT2D eigenvalue weighted by atomic mass is 14.7. The molecule has 2 nitrogen and oxygen atoms in total. The molecule has 2 N–H and O–H groups in total. The Bertz CT molecular complexity index is 451. The number of hydrogen-bond acceptors (Lipinski definition) is 2. The molecule has 1 aromatic carbocycles. The van der Waals surface area contributed by atoms with Crippen molar-refractivity contribution in [2.45, 2.75) is 19.4 Å². The molecule has 1 heterocycles. The second-order valence-corrected chi connectivity index (χ2v) is 4.03. The van der Waals surface area contributed by atoms with Crippen LogP contribution < -0.4 is 5.73 Å². The second-order valence-electron chi connectivity index (χ2n) is 4.03. The lowest BCUT2D eigenvalue weighted by atomic mass is 9.98. The summed E-state index contributed by atoms with van der Waals surface area (Å²) in [5, 5.41) is 0. The summed E-state index contributed by atoms with van der Waals surface area (Å²) < 4.78 is 0. The lowest BCUT2D eigenvalue weighted by molar-refractivity contribution is 0.715. The zero-order valence-electron chi connectivity index (χ0n) is 9.43. The van der Waals surface area contributed by atoms with Gasteiger partial charge < -0.3 is 5.73 Å². The van der Waals surface area contributed by atoms with E-state index in [-0.39, 0.29) is 6.04 Å². The molecule has 2 aromatic rings. The maximum absolute atomic E-state index is 6.20. The number of benzene rings is 1. The monoisotopic (exact) mass is 212 g/mol. The van der Waals surface area contributed by atoms with Crippen molar-refractivity contribution in [2.75, 3.05) is 0 Å². The van der Waals surface area contributed by atoms with Crippen molar-refractivity contribution in [2.24, 2.45) is 5.73 Å². The highest BCUT2D eigenvalue weighted by Gasteiger charge is 2.08. The predicted molar refractivity (Wildman–Crippen MR) is 66.0 cm³/mol. The maximum Gasteiger partial charge on any atom is 0.0339 e. The van der Waals surface area contributed by atoms with Crippen LogP contribution in [-0.2, 0) is 6.42 Å². The molecular weight excluding hydrogens is 196 g/mol. The van der Waals surface area contributed by atoms with Crippen molar-refractivity contribution in [1.82, 2.24) is 4.98 Å². The van der Waals surface area contributed by atoms with Gasteiger partial charge in [-0.15, -0.1) is 0 Å². The summed E-state index contributed by atoms with van der Waals surface area (Å²) >= 11 is 0. The van der Waals surface area contributed by atoms with E-state index in [1.165, 1.54) is 11.1 Å². The molecule has 0 bridgehead atoms. The fourth-order valence-corrected chi connectivity index (χ4v) is 1.88. The maximum atomic E-state index is 6.20. The normalized spacial score (nSPS) is 12.4. The Morgan fingerprint density at radius 2 is 1.94 bits per heavy atom. The van der Waals surface area contributed by atoms with Crippen molar-refractivity contribution in [3.63, 3.8) is 0 Å². The van der Waals surface area contributed by atoms with E-state index in [1.54, 1.807) is 6.20 Å². The number of rotatable bonds is 3. The number of aromatic nitrogens is 1. The highest BCUT2D eigenvalue weighted by Crippen LogP contribution is 2.18. The van der Waals surface area contributed by atoms with E-state index in [2.05, 4.69) is 17.1 Å². The van der Waals surface area contributed by atoms with Gasteiger partial charge in [-0.2, -0.15) is 0 Å². The third-order valence-electron chi connectivity index (χ3n) is 2.76. The quantitative estimate of drug-likeness (QED) is 0.849. The summed E-state index contributed by atoms with van der Waals surface area (Å²) in [5.41, 5.74) is 9.81. The first kappa shape index (κ1) is 10.8. The van der Waals surface area contributed by atoms with Gasteiger partial charge in [-0.25, -0.2) is 0 Å². The third-order valence-corrected chi connectivity index (χ3v) is 2.76. The fraction of sp³-hybridized carbons (Fsp3) is 0.214. The topological polar surface area (TPSA) is 38.9 Å². The zero-order chi connectivity index (χ0) is 11.4. The largest absolute Gasteiger partial charge is 0.324 e. The van der Waals surface area contributed by atoms with E-state index in [0.717, 1.165) is 12.0 Å². The smallest absolute Gasteiger partial charge is 0.0339 e. The lowest BCUT2D eigenvalue weighted by Gasteiger charge is -2.14. The van der Waals surface area contributed by atoms with Crippen LogP contribution in [0, 0.1) is 6.92 Å². The average molecular weight is 212 g/mol. The SMILES string of the molecule is Cc1cnccc1C(N)Cc1ccccc1. The molecule has 2 rings (SSSR count).